The monoisotopic (exact) mass is 291 g/mol. The normalized spacial score (nSPS) is 22.0. The molecule has 0 radical (unpaired) electrons. The Bertz CT molecular complexity index is 559. The van der Waals surface area contributed by atoms with Crippen LogP contribution in [0.15, 0.2) is 12.1 Å². The molecule has 2 amide bonds. The lowest BCUT2D eigenvalue weighted by Crippen LogP contribution is -2.46. The van der Waals surface area contributed by atoms with Crippen LogP contribution < -0.4 is 10.5 Å². The fourth-order valence-corrected chi connectivity index (χ4v) is 2.83. The Morgan fingerprint density at radius 3 is 2.71 bits per heavy atom. The largest absolute Gasteiger partial charge is 0.481 e. The molecule has 1 fully saturated rings. The summed E-state index contributed by atoms with van der Waals surface area (Å²) in [6.07, 6.45) is 1.80. The maximum atomic E-state index is 12.1. The quantitative estimate of drug-likeness (QED) is 0.829. The molecule has 1 aromatic rings. The molecule has 0 saturated carbocycles. The van der Waals surface area contributed by atoms with E-state index in [0.717, 1.165) is 24.1 Å². The van der Waals surface area contributed by atoms with Crippen LogP contribution in [0.4, 0.5) is 0 Å². The Morgan fingerprint density at radius 2 is 2.10 bits per heavy atom. The molecule has 0 aromatic carbocycles. The van der Waals surface area contributed by atoms with Crippen molar-refractivity contribution in [2.75, 3.05) is 13.7 Å². The third-order valence-electron chi connectivity index (χ3n) is 3.84. The van der Waals surface area contributed by atoms with Crippen molar-refractivity contribution in [2.45, 2.75) is 32.7 Å². The summed E-state index contributed by atoms with van der Waals surface area (Å²) in [5.74, 6) is -0.670. The molecule has 0 spiro atoms. The Kier molecular flexibility index (Phi) is 4.45. The second kappa shape index (κ2) is 6.11. The van der Waals surface area contributed by atoms with Crippen molar-refractivity contribution in [2.24, 2.45) is 11.7 Å². The Balaban J connectivity index is 2.36. The van der Waals surface area contributed by atoms with E-state index in [-0.39, 0.29) is 6.04 Å². The summed E-state index contributed by atoms with van der Waals surface area (Å²) in [4.78, 5) is 29.2. The number of hydrogen-bond acceptors (Lipinski definition) is 4. The first-order chi connectivity index (χ1) is 9.92. The van der Waals surface area contributed by atoms with Gasteiger partial charge in [0.2, 0.25) is 5.88 Å². The molecule has 0 aliphatic carbocycles. The first-order valence-corrected chi connectivity index (χ1v) is 7.05. The SMILES string of the molecule is COc1cc([C@H]2CC[C@H](C)CN2C(=O)C(N)=O)cc(C)n1. The summed E-state index contributed by atoms with van der Waals surface area (Å²) in [5.41, 5.74) is 6.92. The minimum absolute atomic E-state index is 0.156. The van der Waals surface area contributed by atoms with E-state index >= 15 is 0 Å². The van der Waals surface area contributed by atoms with Gasteiger partial charge in [-0.25, -0.2) is 4.98 Å². The van der Waals surface area contributed by atoms with Gasteiger partial charge in [-0.1, -0.05) is 6.92 Å². The van der Waals surface area contributed by atoms with E-state index in [1.165, 1.54) is 0 Å². The lowest BCUT2D eigenvalue weighted by Gasteiger charge is -2.38. The number of pyridine rings is 1. The molecule has 1 aliphatic heterocycles. The van der Waals surface area contributed by atoms with E-state index in [1.54, 1.807) is 12.0 Å². The third kappa shape index (κ3) is 3.32. The van der Waals surface area contributed by atoms with Crippen LogP contribution in [0.3, 0.4) is 0 Å². The molecule has 1 saturated heterocycles. The molecular weight excluding hydrogens is 270 g/mol. The minimum atomic E-state index is -0.910. The average Bonchev–Trinajstić information content (AvgIpc) is 2.45. The molecule has 2 heterocycles. The number of carbonyl (C=O) groups is 2. The first-order valence-electron chi connectivity index (χ1n) is 7.05. The number of hydrogen-bond donors (Lipinski definition) is 1. The van der Waals surface area contributed by atoms with Gasteiger partial charge in [0.1, 0.15) is 0 Å². The zero-order chi connectivity index (χ0) is 15.6. The number of aryl methyl sites for hydroxylation is 1. The number of ether oxygens (including phenoxy) is 1. The van der Waals surface area contributed by atoms with E-state index < -0.39 is 11.8 Å². The molecule has 6 nitrogen and oxygen atoms in total. The first kappa shape index (κ1) is 15.3. The fraction of sp³-hybridized carbons (Fsp3) is 0.533. The highest BCUT2D eigenvalue weighted by Crippen LogP contribution is 2.34. The van der Waals surface area contributed by atoms with Gasteiger partial charge in [0, 0.05) is 18.3 Å². The number of methoxy groups -OCH3 is 1. The van der Waals surface area contributed by atoms with Crippen LogP contribution >= 0.6 is 0 Å². The van der Waals surface area contributed by atoms with Crippen molar-refractivity contribution in [1.82, 2.24) is 9.88 Å². The van der Waals surface area contributed by atoms with E-state index in [4.69, 9.17) is 10.5 Å². The maximum Gasteiger partial charge on any atom is 0.312 e. The van der Waals surface area contributed by atoms with Crippen LogP contribution in [0.5, 0.6) is 5.88 Å². The van der Waals surface area contributed by atoms with Crippen LogP contribution in [-0.4, -0.2) is 35.4 Å². The topological polar surface area (TPSA) is 85.5 Å². The van der Waals surface area contributed by atoms with Crippen LogP contribution in [-0.2, 0) is 9.59 Å². The second-order valence-corrected chi connectivity index (χ2v) is 5.60. The molecular formula is C15H21N3O3. The fourth-order valence-electron chi connectivity index (χ4n) is 2.83. The van der Waals surface area contributed by atoms with Gasteiger partial charge in [0.05, 0.1) is 13.2 Å². The summed E-state index contributed by atoms with van der Waals surface area (Å²) in [6.45, 7) is 4.48. The highest BCUT2D eigenvalue weighted by atomic mass is 16.5. The molecule has 0 unspecified atom stereocenters. The Labute approximate surface area is 124 Å². The zero-order valence-corrected chi connectivity index (χ0v) is 12.6. The number of carbonyl (C=O) groups excluding carboxylic acids is 2. The van der Waals surface area contributed by atoms with Crippen molar-refractivity contribution in [1.29, 1.82) is 0 Å². The molecule has 21 heavy (non-hydrogen) atoms. The summed E-state index contributed by atoms with van der Waals surface area (Å²) < 4.78 is 5.18. The summed E-state index contributed by atoms with van der Waals surface area (Å²) >= 11 is 0. The van der Waals surface area contributed by atoms with Gasteiger partial charge >= 0.3 is 11.8 Å². The molecule has 1 aliphatic rings. The second-order valence-electron chi connectivity index (χ2n) is 5.60. The van der Waals surface area contributed by atoms with Gasteiger partial charge < -0.3 is 15.4 Å². The van der Waals surface area contributed by atoms with Crippen molar-refractivity contribution >= 4 is 11.8 Å². The third-order valence-corrected chi connectivity index (χ3v) is 3.84. The lowest BCUT2D eigenvalue weighted by atomic mass is 9.90. The Hall–Kier alpha value is -2.11. The molecule has 2 atom stereocenters. The summed E-state index contributed by atoms with van der Waals surface area (Å²) in [5, 5.41) is 0. The molecule has 6 heteroatoms. The van der Waals surface area contributed by atoms with E-state index in [0.29, 0.717) is 18.3 Å². The molecule has 2 N–H and O–H groups in total. The van der Waals surface area contributed by atoms with Gasteiger partial charge in [-0.2, -0.15) is 0 Å². The molecule has 114 valence electrons. The predicted octanol–water partition coefficient (Wildman–Crippen LogP) is 1.18. The van der Waals surface area contributed by atoms with Crippen molar-refractivity contribution in [3.05, 3.63) is 23.4 Å². The summed E-state index contributed by atoms with van der Waals surface area (Å²) in [7, 11) is 1.56. The van der Waals surface area contributed by atoms with Crippen LogP contribution in [0.25, 0.3) is 0 Å². The number of piperidine rings is 1. The van der Waals surface area contributed by atoms with Gasteiger partial charge in [0.25, 0.3) is 0 Å². The predicted molar refractivity (Wildman–Crippen MR) is 77.6 cm³/mol. The van der Waals surface area contributed by atoms with Crippen molar-refractivity contribution in [3.63, 3.8) is 0 Å². The standard InChI is InChI=1S/C15H21N3O3/c1-9-4-5-12(18(8-9)15(20)14(16)19)11-6-10(2)17-13(7-11)21-3/h6-7,9,12H,4-5,8H2,1-3H3,(H2,16,19)/t9-,12+/m0/s1. The van der Waals surface area contributed by atoms with Crippen molar-refractivity contribution < 1.29 is 14.3 Å². The van der Waals surface area contributed by atoms with Gasteiger partial charge in [-0.15, -0.1) is 0 Å². The average molecular weight is 291 g/mol. The van der Waals surface area contributed by atoms with Crippen LogP contribution in [0.2, 0.25) is 0 Å². The highest BCUT2D eigenvalue weighted by molar-refractivity contribution is 6.34. The number of amides is 2. The minimum Gasteiger partial charge on any atom is -0.481 e. The van der Waals surface area contributed by atoms with E-state index in [2.05, 4.69) is 11.9 Å². The molecule has 1 aromatic heterocycles. The zero-order valence-electron chi connectivity index (χ0n) is 12.6. The number of primary amides is 1. The van der Waals surface area contributed by atoms with Gasteiger partial charge in [-0.3, -0.25) is 9.59 Å². The van der Waals surface area contributed by atoms with E-state index in [1.807, 2.05) is 19.1 Å². The number of rotatable bonds is 2. The Morgan fingerprint density at radius 1 is 1.38 bits per heavy atom. The number of aromatic nitrogens is 1. The number of nitrogens with two attached hydrogens (primary N) is 1. The number of nitrogens with zero attached hydrogens (tertiary/aromatic N) is 2. The van der Waals surface area contributed by atoms with Gasteiger partial charge in [-0.05, 0) is 37.3 Å². The smallest absolute Gasteiger partial charge is 0.312 e. The van der Waals surface area contributed by atoms with Crippen LogP contribution in [0.1, 0.15) is 37.1 Å². The molecule has 0 bridgehead atoms. The molecule has 2 rings (SSSR count). The summed E-state index contributed by atoms with van der Waals surface area (Å²) in [6, 6.07) is 3.58. The van der Waals surface area contributed by atoms with E-state index in [9.17, 15) is 9.59 Å². The van der Waals surface area contributed by atoms with Crippen LogP contribution in [0, 0.1) is 12.8 Å². The maximum absolute atomic E-state index is 12.1. The highest BCUT2D eigenvalue weighted by Gasteiger charge is 2.33. The van der Waals surface area contributed by atoms with Gasteiger partial charge in [0.15, 0.2) is 0 Å². The number of likely N-dealkylation sites (tertiary alicyclic amines) is 1. The van der Waals surface area contributed by atoms with Crippen molar-refractivity contribution in [3.8, 4) is 5.88 Å². The lowest BCUT2D eigenvalue weighted by molar-refractivity contribution is -0.147.